The van der Waals surface area contributed by atoms with Crippen molar-refractivity contribution in [2.75, 3.05) is 20.3 Å². The fraction of sp³-hybridized carbons (Fsp3) is 0.278. The van der Waals surface area contributed by atoms with Gasteiger partial charge in [-0.3, -0.25) is 4.79 Å². The van der Waals surface area contributed by atoms with Crippen LogP contribution in [0, 0.1) is 0 Å². The first-order chi connectivity index (χ1) is 12.4. The number of rotatable bonds is 7. The summed E-state index contributed by atoms with van der Waals surface area (Å²) >= 11 is 6.21. The molecule has 1 aromatic carbocycles. The smallest absolute Gasteiger partial charge is 0.344 e. The minimum atomic E-state index is -0.439. The maximum atomic E-state index is 11.7. The van der Waals surface area contributed by atoms with Crippen LogP contribution >= 0.6 is 24.0 Å². The Morgan fingerprint density at radius 2 is 2.12 bits per heavy atom. The predicted molar refractivity (Wildman–Crippen MR) is 105 cm³/mol. The second kappa shape index (κ2) is 9.40. The van der Waals surface area contributed by atoms with Gasteiger partial charge in [-0.2, -0.15) is 0 Å². The second-order valence-corrected chi connectivity index (χ2v) is 6.96. The van der Waals surface area contributed by atoms with Crippen LogP contribution in [-0.4, -0.2) is 36.5 Å². The number of amides is 1. The molecule has 0 spiro atoms. The molecule has 1 amide bonds. The van der Waals surface area contributed by atoms with E-state index in [9.17, 15) is 9.59 Å². The van der Waals surface area contributed by atoms with Crippen LogP contribution in [0.5, 0.6) is 11.5 Å². The monoisotopic (exact) mass is 393 g/mol. The molecule has 0 radical (unpaired) electrons. The van der Waals surface area contributed by atoms with Gasteiger partial charge in [0.05, 0.1) is 18.6 Å². The average molecular weight is 393 g/mol. The Morgan fingerprint density at radius 3 is 2.73 bits per heavy atom. The highest BCUT2D eigenvalue weighted by molar-refractivity contribution is 8.26. The van der Waals surface area contributed by atoms with Crippen LogP contribution in [-0.2, 0) is 14.3 Å². The van der Waals surface area contributed by atoms with Gasteiger partial charge >= 0.3 is 5.97 Å². The van der Waals surface area contributed by atoms with E-state index in [2.05, 4.69) is 5.32 Å². The molecular formula is C18H19NO5S2. The van der Waals surface area contributed by atoms with Gasteiger partial charge < -0.3 is 19.5 Å². The molecule has 1 heterocycles. The lowest BCUT2D eigenvalue weighted by Crippen LogP contribution is -2.17. The Labute approximate surface area is 161 Å². The topological polar surface area (TPSA) is 73.9 Å². The Balaban J connectivity index is 2.13. The summed E-state index contributed by atoms with van der Waals surface area (Å²) in [5, 5.41) is 2.58. The van der Waals surface area contributed by atoms with Crippen LogP contribution < -0.4 is 14.8 Å². The van der Waals surface area contributed by atoms with Crippen LogP contribution in [0.25, 0.3) is 6.08 Å². The summed E-state index contributed by atoms with van der Waals surface area (Å²) in [6.45, 7) is 3.74. The third kappa shape index (κ3) is 5.60. The second-order valence-electron chi connectivity index (χ2n) is 5.24. The van der Waals surface area contributed by atoms with Crippen molar-refractivity contribution in [3.63, 3.8) is 0 Å². The van der Waals surface area contributed by atoms with E-state index < -0.39 is 5.97 Å². The highest BCUT2D eigenvalue weighted by Crippen LogP contribution is 2.30. The molecule has 138 valence electrons. The van der Waals surface area contributed by atoms with Crippen LogP contribution in [0.4, 0.5) is 0 Å². The largest absolute Gasteiger partial charge is 0.493 e. The summed E-state index contributed by atoms with van der Waals surface area (Å²) in [5.41, 5.74) is 1.75. The number of ether oxygens (including phenoxy) is 3. The van der Waals surface area contributed by atoms with Gasteiger partial charge in [0.1, 0.15) is 4.32 Å². The lowest BCUT2D eigenvalue weighted by Gasteiger charge is -2.11. The molecule has 0 saturated carbocycles. The van der Waals surface area contributed by atoms with E-state index in [1.165, 1.54) is 18.9 Å². The fourth-order valence-electron chi connectivity index (χ4n) is 2.16. The number of methoxy groups -OCH3 is 1. The minimum absolute atomic E-state index is 0.184. The first-order valence-corrected chi connectivity index (χ1v) is 9.05. The molecule has 0 aromatic heterocycles. The Bertz CT molecular complexity index is 786. The molecule has 6 nitrogen and oxygen atoms in total. The van der Waals surface area contributed by atoms with Crippen LogP contribution in [0.1, 0.15) is 19.4 Å². The van der Waals surface area contributed by atoms with Crippen molar-refractivity contribution in [3.05, 3.63) is 40.3 Å². The third-order valence-corrected chi connectivity index (χ3v) is 4.40. The van der Waals surface area contributed by atoms with Crippen molar-refractivity contribution in [3.8, 4) is 11.5 Å². The predicted octanol–water partition coefficient (Wildman–Crippen LogP) is 3.07. The van der Waals surface area contributed by atoms with E-state index >= 15 is 0 Å². The van der Waals surface area contributed by atoms with Gasteiger partial charge in [0, 0.05) is 0 Å². The molecule has 0 aliphatic carbocycles. The molecule has 1 saturated heterocycles. The molecular weight excluding hydrogens is 374 g/mol. The van der Waals surface area contributed by atoms with Crippen molar-refractivity contribution in [1.82, 2.24) is 5.32 Å². The molecule has 8 heteroatoms. The molecule has 1 N–H and O–H groups in total. The molecule has 2 rings (SSSR count). The number of hydrogen-bond donors (Lipinski definition) is 1. The normalized spacial score (nSPS) is 15.8. The Morgan fingerprint density at radius 1 is 1.35 bits per heavy atom. The SMILES string of the molecule is CCOC(=O)COc1ccc(/C=C(C)/C=C2\SC(=S)NC2=O)cc1OC. The van der Waals surface area contributed by atoms with Crippen molar-refractivity contribution < 1.29 is 23.8 Å². The molecule has 1 aliphatic rings. The van der Waals surface area contributed by atoms with E-state index in [-0.39, 0.29) is 12.5 Å². The van der Waals surface area contributed by atoms with Gasteiger partial charge in [-0.05, 0) is 43.2 Å². The molecule has 1 fully saturated rings. The molecule has 26 heavy (non-hydrogen) atoms. The van der Waals surface area contributed by atoms with Crippen molar-refractivity contribution >= 4 is 46.3 Å². The van der Waals surface area contributed by atoms with E-state index in [1.54, 1.807) is 25.1 Å². The molecule has 0 unspecified atom stereocenters. The summed E-state index contributed by atoms with van der Waals surface area (Å²) in [4.78, 5) is 23.7. The van der Waals surface area contributed by atoms with Crippen LogP contribution in [0.15, 0.2) is 34.8 Å². The van der Waals surface area contributed by atoms with Crippen LogP contribution in [0.3, 0.4) is 0 Å². The Kier molecular flexibility index (Phi) is 7.23. The van der Waals surface area contributed by atoms with E-state index in [0.29, 0.717) is 27.3 Å². The number of carbonyl (C=O) groups excluding carboxylic acids is 2. The number of benzene rings is 1. The number of thioether (sulfide) groups is 1. The summed E-state index contributed by atoms with van der Waals surface area (Å²) in [7, 11) is 1.52. The first kappa shape index (κ1) is 20.0. The van der Waals surface area contributed by atoms with Gasteiger partial charge in [0.2, 0.25) is 0 Å². The number of allylic oxidation sites excluding steroid dienone is 2. The molecule has 1 aromatic rings. The van der Waals surface area contributed by atoms with E-state index in [4.69, 9.17) is 26.4 Å². The maximum absolute atomic E-state index is 11.7. The number of esters is 1. The van der Waals surface area contributed by atoms with Gasteiger partial charge in [0.15, 0.2) is 18.1 Å². The fourth-order valence-corrected chi connectivity index (χ4v) is 3.26. The maximum Gasteiger partial charge on any atom is 0.344 e. The van der Waals surface area contributed by atoms with Crippen LogP contribution in [0.2, 0.25) is 0 Å². The first-order valence-electron chi connectivity index (χ1n) is 7.82. The van der Waals surface area contributed by atoms with E-state index in [1.807, 2.05) is 19.1 Å². The van der Waals surface area contributed by atoms with Crippen molar-refractivity contribution in [2.45, 2.75) is 13.8 Å². The summed E-state index contributed by atoms with van der Waals surface area (Å²) in [5.74, 6) is 0.321. The van der Waals surface area contributed by atoms with Crippen molar-refractivity contribution in [1.29, 1.82) is 0 Å². The zero-order valence-electron chi connectivity index (χ0n) is 14.7. The highest BCUT2D eigenvalue weighted by Gasteiger charge is 2.21. The van der Waals surface area contributed by atoms with Gasteiger partial charge in [0.25, 0.3) is 5.91 Å². The van der Waals surface area contributed by atoms with E-state index in [0.717, 1.165) is 11.1 Å². The quantitative estimate of drug-likeness (QED) is 0.433. The number of hydrogen-bond acceptors (Lipinski definition) is 7. The summed E-state index contributed by atoms with van der Waals surface area (Å²) in [6, 6.07) is 5.34. The Hall–Kier alpha value is -2.32. The van der Waals surface area contributed by atoms with Gasteiger partial charge in [-0.25, -0.2) is 4.79 Å². The zero-order chi connectivity index (χ0) is 19.1. The standard InChI is InChI=1S/C18H19NO5S2/c1-4-23-16(20)10-24-13-6-5-12(9-14(13)22-3)7-11(2)8-15-17(21)19-18(25)26-15/h5-9H,4,10H2,1-3H3,(H,19,21,25)/b11-7+,15-8-. The minimum Gasteiger partial charge on any atom is -0.493 e. The summed E-state index contributed by atoms with van der Waals surface area (Å²) < 4.78 is 16.0. The summed E-state index contributed by atoms with van der Waals surface area (Å²) in [6.07, 6.45) is 3.68. The molecule has 0 bridgehead atoms. The van der Waals surface area contributed by atoms with Gasteiger partial charge in [-0.15, -0.1) is 0 Å². The highest BCUT2D eigenvalue weighted by atomic mass is 32.2. The van der Waals surface area contributed by atoms with Gasteiger partial charge in [-0.1, -0.05) is 36.1 Å². The number of thiocarbonyl (C=S) groups is 1. The average Bonchev–Trinajstić information content (AvgIpc) is 2.90. The number of nitrogens with one attached hydrogen (secondary N) is 1. The molecule has 1 aliphatic heterocycles. The molecule has 0 atom stereocenters. The zero-order valence-corrected chi connectivity index (χ0v) is 16.3. The lowest BCUT2D eigenvalue weighted by atomic mass is 10.1. The number of carbonyl (C=O) groups is 2. The van der Waals surface area contributed by atoms with Crippen molar-refractivity contribution in [2.24, 2.45) is 0 Å². The third-order valence-electron chi connectivity index (χ3n) is 3.23. The lowest BCUT2D eigenvalue weighted by molar-refractivity contribution is -0.145.